The first kappa shape index (κ1) is 10.5. The van der Waals surface area contributed by atoms with Crippen LogP contribution in [0.15, 0.2) is 24.3 Å². The summed E-state index contributed by atoms with van der Waals surface area (Å²) in [7, 11) is 0. The predicted molar refractivity (Wildman–Crippen MR) is 60.0 cm³/mol. The fourth-order valence-electron chi connectivity index (χ4n) is 2.36. The number of fused-ring (bicyclic) bond motifs is 1. The second-order valence-electron chi connectivity index (χ2n) is 4.56. The van der Waals surface area contributed by atoms with Crippen LogP contribution in [0.4, 0.5) is 0 Å². The second-order valence-corrected chi connectivity index (χ2v) is 4.56. The Hall–Kier alpha value is -1.02. The number of ether oxygens (including phenoxy) is 1. The Balaban J connectivity index is 2.29. The van der Waals surface area contributed by atoms with Gasteiger partial charge in [-0.05, 0) is 19.4 Å². The first-order valence-corrected chi connectivity index (χ1v) is 5.60. The molecular weight excluding hydrogens is 188 g/mol. The highest BCUT2D eigenvalue weighted by Crippen LogP contribution is 2.41. The molecule has 15 heavy (non-hydrogen) atoms. The summed E-state index contributed by atoms with van der Waals surface area (Å²) in [4.78, 5) is 0. The number of aliphatic hydroxyl groups excluding tert-OH is 1. The summed E-state index contributed by atoms with van der Waals surface area (Å²) in [6.07, 6.45) is 2.37. The molecule has 0 aliphatic carbocycles. The van der Waals surface area contributed by atoms with Crippen LogP contribution in [0.2, 0.25) is 0 Å². The van der Waals surface area contributed by atoms with Crippen LogP contribution >= 0.6 is 0 Å². The van der Waals surface area contributed by atoms with Crippen molar-refractivity contribution in [3.05, 3.63) is 29.8 Å². The Bertz CT molecular complexity index is 348. The molecule has 1 unspecified atom stereocenters. The smallest absolute Gasteiger partial charge is 0.125 e. The van der Waals surface area contributed by atoms with E-state index in [-0.39, 0.29) is 11.7 Å². The van der Waals surface area contributed by atoms with Crippen LogP contribution in [0, 0.1) is 0 Å². The van der Waals surface area contributed by atoms with Gasteiger partial charge >= 0.3 is 0 Å². The third kappa shape index (κ3) is 2.00. The van der Waals surface area contributed by atoms with Crippen LogP contribution in [0.1, 0.15) is 44.8 Å². The van der Waals surface area contributed by atoms with Crippen molar-refractivity contribution in [2.75, 3.05) is 0 Å². The summed E-state index contributed by atoms with van der Waals surface area (Å²) in [5.41, 5.74) is 0.716. The van der Waals surface area contributed by atoms with E-state index in [1.165, 1.54) is 0 Å². The molecule has 2 atom stereocenters. The number of benzene rings is 1. The highest BCUT2D eigenvalue weighted by Gasteiger charge is 2.35. The van der Waals surface area contributed by atoms with Crippen molar-refractivity contribution in [2.45, 2.75) is 44.8 Å². The third-order valence-corrected chi connectivity index (χ3v) is 3.04. The summed E-state index contributed by atoms with van der Waals surface area (Å²) in [5.74, 6) is 0.840. The van der Waals surface area contributed by atoms with E-state index in [0.717, 1.165) is 24.2 Å². The van der Waals surface area contributed by atoms with Gasteiger partial charge in [0.25, 0.3) is 0 Å². The van der Waals surface area contributed by atoms with E-state index >= 15 is 0 Å². The number of para-hydroxylation sites is 1. The highest BCUT2D eigenvalue weighted by molar-refractivity contribution is 5.37. The van der Waals surface area contributed by atoms with Crippen molar-refractivity contribution < 1.29 is 9.84 Å². The average molecular weight is 206 g/mol. The molecule has 0 bridgehead atoms. The van der Waals surface area contributed by atoms with Crippen molar-refractivity contribution in [1.29, 1.82) is 0 Å². The van der Waals surface area contributed by atoms with Crippen LogP contribution in [0.5, 0.6) is 5.75 Å². The molecule has 0 aromatic heterocycles. The van der Waals surface area contributed by atoms with Gasteiger partial charge in [0, 0.05) is 12.0 Å². The molecule has 1 aromatic rings. The molecule has 1 heterocycles. The Morgan fingerprint density at radius 2 is 2.20 bits per heavy atom. The molecule has 0 radical (unpaired) electrons. The van der Waals surface area contributed by atoms with Gasteiger partial charge in [0.1, 0.15) is 11.4 Å². The van der Waals surface area contributed by atoms with Crippen molar-refractivity contribution >= 4 is 0 Å². The van der Waals surface area contributed by atoms with Gasteiger partial charge < -0.3 is 9.84 Å². The zero-order chi connectivity index (χ0) is 10.9. The van der Waals surface area contributed by atoms with Crippen LogP contribution in [-0.4, -0.2) is 10.7 Å². The number of hydrogen-bond donors (Lipinski definition) is 1. The van der Waals surface area contributed by atoms with Gasteiger partial charge in [-0.2, -0.15) is 0 Å². The van der Waals surface area contributed by atoms with E-state index in [0.29, 0.717) is 6.42 Å². The lowest BCUT2D eigenvalue weighted by atomic mass is 9.87. The second kappa shape index (κ2) is 3.86. The van der Waals surface area contributed by atoms with Gasteiger partial charge in [0.15, 0.2) is 0 Å². The minimum atomic E-state index is -0.383. The first-order chi connectivity index (χ1) is 7.14. The minimum Gasteiger partial charge on any atom is -0.487 e. The van der Waals surface area contributed by atoms with E-state index in [2.05, 4.69) is 13.8 Å². The van der Waals surface area contributed by atoms with Gasteiger partial charge in [-0.25, -0.2) is 0 Å². The summed E-state index contributed by atoms with van der Waals surface area (Å²) in [6, 6.07) is 7.76. The molecule has 1 N–H and O–H groups in total. The van der Waals surface area contributed by atoms with Gasteiger partial charge in [-0.1, -0.05) is 31.5 Å². The fourth-order valence-corrected chi connectivity index (χ4v) is 2.36. The standard InChI is InChI=1S/C13H18O2/c1-3-8-13(2)9-11(14)10-6-4-5-7-12(10)15-13/h4-7,11,14H,3,8-9H2,1-2H3/t11-,13?/m1/s1. The lowest BCUT2D eigenvalue weighted by Gasteiger charge is -2.38. The largest absolute Gasteiger partial charge is 0.487 e. The molecule has 2 heteroatoms. The molecule has 0 spiro atoms. The molecule has 2 nitrogen and oxygen atoms in total. The molecule has 1 aliphatic rings. The Morgan fingerprint density at radius 3 is 2.93 bits per heavy atom. The van der Waals surface area contributed by atoms with Gasteiger partial charge in [-0.3, -0.25) is 0 Å². The Kier molecular flexibility index (Phi) is 2.70. The average Bonchev–Trinajstić information content (AvgIpc) is 2.17. The van der Waals surface area contributed by atoms with Crippen molar-refractivity contribution in [3.8, 4) is 5.75 Å². The van der Waals surface area contributed by atoms with Crippen LogP contribution in [-0.2, 0) is 0 Å². The number of rotatable bonds is 2. The summed E-state index contributed by atoms with van der Waals surface area (Å²) in [5, 5.41) is 10.0. The maximum absolute atomic E-state index is 10.0. The van der Waals surface area contributed by atoms with Crippen molar-refractivity contribution in [3.63, 3.8) is 0 Å². The number of hydrogen-bond acceptors (Lipinski definition) is 2. The van der Waals surface area contributed by atoms with Crippen LogP contribution in [0.25, 0.3) is 0 Å². The van der Waals surface area contributed by atoms with Crippen LogP contribution < -0.4 is 4.74 Å². The summed E-state index contributed by atoms with van der Waals surface area (Å²) in [6.45, 7) is 4.22. The maximum atomic E-state index is 10.0. The Labute approximate surface area is 90.9 Å². The zero-order valence-electron chi connectivity index (χ0n) is 9.36. The molecule has 0 fully saturated rings. The van der Waals surface area contributed by atoms with E-state index < -0.39 is 0 Å². The lowest BCUT2D eigenvalue weighted by Crippen LogP contribution is -2.37. The van der Waals surface area contributed by atoms with Gasteiger partial charge in [-0.15, -0.1) is 0 Å². The molecule has 82 valence electrons. The molecule has 0 saturated carbocycles. The monoisotopic (exact) mass is 206 g/mol. The maximum Gasteiger partial charge on any atom is 0.125 e. The molecule has 0 saturated heterocycles. The topological polar surface area (TPSA) is 29.5 Å². The van der Waals surface area contributed by atoms with Gasteiger partial charge in [0.05, 0.1) is 6.10 Å². The van der Waals surface area contributed by atoms with Crippen molar-refractivity contribution in [2.24, 2.45) is 0 Å². The molecule has 2 rings (SSSR count). The predicted octanol–water partition coefficient (Wildman–Crippen LogP) is 3.06. The molecule has 1 aromatic carbocycles. The minimum absolute atomic E-state index is 0.206. The zero-order valence-corrected chi connectivity index (χ0v) is 9.36. The Morgan fingerprint density at radius 1 is 1.47 bits per heavy atom. The SMILES string of the molecule is CCCC1(C)C[C@@H](O)c2ccccc2O1. The fraction of sp³-hybridized carbons (Fsp3) is 0.538. The lowest BCUT2D eigenvalue weighted by molar-refractivity contribution is -0.00732. The van der Waals surface area contributed by atoms with E-state index in [1.807, 2.05) is 24.3 Å². The van der Waals surface area contributed by atoms with Gasteiger partial charge in [0.2, 0.25) is 0 Å². The molecule has 0 amide bonds. The van der Waals surface area contributed by atoms with Crippen LogP contribution in [0.3, 0.4) is 0 Å². The van der Waals surface area contributed by atoms with Crippen molar-refractivity contribution in [1.82, 2.24) is 0 Å². The molecular formula is C13H18O2. The van der Waals surface area contributed by atoms with E-state index in [1.54, 1.807) is 0 Å². The normalized spacial score (nSPS) is 29.4. The summed E-state index contributed by atoms with van der Waals surface area (Å²) < 4.78 is 5.97. The third-order valence-electron chi connectivity index (χ3n) is 3.04. The quantitative estimate of drug-likeness (QED) is 0.805. The highest BCUT2D eigenvalue weighted by atomic mass is 16.5. The van der Waals surface area contributed by atoms with E-state index in [4.69, 9.17) is 4.74 Å². The van der Waals surface area contributed by atoms with E-state index in [9.17, 15) is 5.11 Å². The first-order valence-electron chi connectivity index (χ1n) is 5.60. The summed E-state index contributed by atoms with van der Waals surface area (Å²) >= 11 is 0. The number of aliphatic hydroxyl groups is 1. The molecule has 1 aliphatic heterocycles.